The third kappa shape index (κ3) is 7.65. The van der Waals surface area contributed by atoms with Crippen LogP contribution in [0.25, 0.3) is 11.0 Å². The number of imidazole rings is 1. The van der Waals surface area contributed by atoms with Crippen LogP contribution in [0, 0.1) is 11.8 Å². The van der Waals surface area contributed by atoms with Gasteiger partial charge < -0.3 is 19.7 Å². The quantitative estimate of drug-likeness (QED) is 0.247. The molecule has 2 N–H and O–H groups in total. The van der Waals surface area contributed by atoms with Crippen LogP contribution in [-0.2, 0) is 22.7 Å². The number of rotatable bonds is 13. The first-order valence-electron chi connectivity index (χ1n) is 15.9. The van der Waals surface area contributed by atoms with E-state index in [1.807, 2.05) is 46.8 Å². The smallest absolute Gasteiger partial charge is 0.268 e. The summed E-state index contributed by atoms with van der Waals surface area (Å²) < 4.78 is 2.03. The van der Waals surface area contributed by atoms with E-state index in [1.54, 1.807) is 4.90 Å². The molecule has 2 aromatic heterocycles. The van der Waals surface area contributed by atoms with Crippen LogP contribution in [0.2, 0.25) is 0 Å². The number of carbonyl (C=O) groups excluding carboxylic acids is 3. The third-order valence-electron chi connectivity index (χ3n) is 9.12. The Balaban J connectivity index is 1.33. The Labute approximate surface area is 259 Å². The van der Waals surface area contributed by atoms with E-state index in [0.29, 0.717) is 54.6 Å². The highest BCUT2D eigenvalue weighted by molar-refractivity contribution is 7.14. The summed E-state index contributed by atoms with van der Waals surface area (Å²) >= 11 is 1.48. The van der Waals surface area contributed by atoms with Crippen LogP contribution in [-0.4, -0.2) is 58.4 Å². The molecule has 1 aromatic carbocycles. The summed E-state index contributed by atoms with van der Waals surface area (Å²) in [7, 11) is 1.83. The minimum absolute atomic E-state index is 0.125. The summed E-state index contributed by atoms with van der Waals surface area (Å²) in [5, 5.41) is 6.59. The summed E-state index contributed by atoms with van der Waals surface area (Å²) in [5.74, 6) is 1.64. The zero-order chi connectivity index (χ0) is 30.5. The van der Waals surface area contributed by atoms with Gasteiger partial charge in [0, 0.05) is 62.7 Å². The number of likely N-dealkylation sites (tertiary alicyclic amines) is 1. The zero-order valence-corrected chi connectivity index (χ0v) is 26.8. The Morgan fingerprint density at radius 2 is 1.88 bits per heavy atom. The molecule has 10 heteroatoms. The first kappa shape index (κ1) is 31.2. The summed E-state index contributed by atoms with van der Waals surface area (Å²) in [6, 6.07) is 10.1. The van der Waals surface area contributed by atoms with Crippen molar-refractivity contribution in [1.29, 1.82) is 0 Å². The largest absolute Gasteiger partial charge is 0.343 e. The molecular formula is C33H46N6O3S. The number of hydrogen-bond acceptors (Lipinski definition) is 6. The molecule has 0 spiro atoms. The minimum atomic E-state index is -0.191. The lowest BCUT2D eigenvalue weighted by atomic mass is 10.0. The first-order chi connectivity index (χ1) is 20.7. The second kappa shape index (κ2) is 14.0. The molecule has 1 saturated carbocycles. The van der Waals surface area contributed by atoms with E-state index < -0.39 is 0 Å². The number of benzene rings is 1. The normalized spacial score (nSPS) is 16.5. The average molecular weight is 607 g/mol. The van der Waals surface area contributed by atoms with Gasteiger partial charge in [-0.2, -0.15) is 0 Å². The lowest BCUT2D eigenvalue weighted by Crippen LogP contribution is -2.29. The summed E-state index contributed by atoms with van der Waals surface area (Å²) in [6.45, 7) is 9.37. The van der Waals surface area contributed by atoms with Gasteiger partial charge in [0.25, 0.3) is 5.91 Å². The molecule has 5 rings (SSSR count). The highest BCUT2D eigenvalue weighted by atomic mass is 32.1. The van der Waals surface area contributed by atoms with E-state index in [2.05, 4.69) is 31.4 Å². The number of hydrogen-bond donors (Lipinski definition) is 2. The molecule has 1 saturated heterocycles. The summed E-state index contributed by atoms with van der Waals surface area (Å²) in [4.78, 5) is 48.8. The van der Waals surface area contributed by atoms with Crippen LogP contribution >= 0.6 is 11.3 Å². The average Bonchev–Trinajstić information content (AvgIpc) is 3.80. The molecule has 3 amide bonds. The van der Waals surface area contributed by atoms with Crippen LogP contribution in [0.3, 0.4) is 0 Å². The molecule has 232 valence electrons. The maximum atomic E-state index is 13.4. The molecule has 1 aliphatic heterocycles. The predicted octanol–water partition coefficient (Wildman–Crippen LogP) is 6.04. The lowest BCUT2D eigenvalue weighted by Gasteiger charge is -2.19. The summed E-state index contributed by atoms with van der Waals surface area (Å²) in [5.41, 5.74) is 2.42. The van der Waals surface area contributed by atoms with Gasteiger partial charge in [-0.15, -0.1) is 11.3 Å². The fourth-order valence-corrected chi connectivity index (χ4v) is 6.86. The van der Waals surface area contributed by atoms with Gasteiger partial charge in [0.2, 0.25) is 17.8 Å². The van der Waals surface area contributed by atoms with Gasteiger partial charge in [0.1, 0.15) is 0 Å². The Bertz CT molecular complexity index is 1440. The van der Waals surface area contributed by atoms with E-state index >= 15 is 0 Å². The fourth-order valence-electron chi connectivity index (χ4n) is 6.01. The fraction of sp³-hybridized carbons (Fsp3) is 0.576. The number of nitrogens with zero attached hydrogens (tertiary/aromatic N) is 4. The third-order valence-corrected chi connectivity index (χ3v) is 10.2. The van der Waals surface area contributed by atoms with Gasteiger partial charge in [0.05, 0.1) is 15.9 Å². The molecule has 2 aliphatic rings. The topological polar surface area (TPSA) is 99.6 Å². The predicted molar refractivity (Wildman–Crippen MR) is 174 cm³/mol. The molecule has 43 heavy (non-hydrogen) atoms. The molecular weight excluding hydrogens is 560 g/mol. The first-order valence-corrected chi connectivity index (χ1v) is 16.7. The van der Waals surface area contributed by atoms with E-state index in [1.165, 1.54) is 24.2 Å². The number of nitrogens with one attached hydrogen (secondary N) is 2. The van der Waals surface area contributed by atoms with Crippen molar-refractivity contribution in [3.8, 4) is 0 Å². The molecule has 3 aromatic rings. The van der Waals surface area contributed by atoms with Gasteiger partial charge in [-0.25, -0.2) is 4.98 Å². The minimum Gasteiger partial charge on any atom is -0.343 e. The van der Waals surface area contributed by atoms with Crippen molar-refractivity contribution >= 4 is 51.7 Å². The maximum absolute atomic E-state index is 13.4. The van der Waals surface area contributed by atoms with Gasteiger partial charge in [-0.3, -0.25) is 19.7 Å². The van der Waals surface area contributed by atoms with Gasteiger partial charge in [0.15, 0.2) is 0 Å². The highest BCUT2D eigenvalue weighted by Crippen LogP contribution is 2.30. The van der Waals surface area contributed by atoms with E-state index in [4.69, 9.17) is 4.98 Å². The van der Waals surface area contributed by atoms with Gasteiger partial charge in [-0.05, 0) is 74.8 Å². The zero-order valence-electron chi connectivity index (χ0n) is 26.0. The molecule has 3 heterocycles. The molecule has 0 bridgehead atoms. The molecule has 9 nitrogen and oxygen atoms in total. The van der Waals surface area contributed by atoms with Crippen LogP contribution in [0.1, 0.15) is 86.7 Å². The van der Waals surface area contributed by atoms with Crippen molar-refractivity contribution in [3.63, 3.8) is 0 Å². The number of aryl methyl sites for hydroxylation is 1. The number of amides is 3. The van der Waals surface area contributed by atoms with Crippen molar-refractivity contribution in [2.45, 2.75) is 91.3 Å². The standard InChI is InChI=1S/C33H46N6O3S/c1-22(2)23(3)34-21-26-13-15-29(43-26)32(42)36-33-35-27-20-25(37(4)31(41)19-24-9-5-6-10-24)12-14-28(27)39(33)18-8-17-38-16-7-11-30(38)40/h12-15,20,22-24,34H,5-11,16-19,21H2,1-4H3,(H,35,36,42)/t23-/m0/s1. The second-order valence-corrected chi connectivity index (χ2v) is 13.7. The molecule has 2 fully saturated rings. The second-order valence-electron chi connectivity index (χ2n) is 12.5. The van der Waals surface area contributed by atoms with Crippen LogP contribution < -0.4 is 15.5 Å². The van der Waals surface area contributed by atoms with Crippen LogP contribution in [0.5, 0.6) is 0 Å². The van der Waals surface area contributed by atoms with E-state index in [-0.39, 0.29) is 17.7 Å². The maximum Gasteiger partial charge on any atom is 0.268 e. The Morgan fingerprint density at radius 3 is 2.60 bits per heavy atom. The van der Waals surface area contributed by atoms with Crippen molar-refractivity contribution in [2.24, 2.45) is 11.8 Å². The number of thiophene rings is 1. The number of fused-ring (bicyclic) bond motifs is 1. The Hall–Kier alpha value is -3.24. The van der Waals surface area contributed by atoms with Crippen LogP contribution in [0.4, 0.5) is 11.6 Å². The van der Waals surface area contributed by atoms with Crippen LogP contribution in [0.15, 0.2) is 30.3 Å². The van der Waals surface area contributed by atoms with E-state index in [9.17, 15) is 14.4 Å². The number of carbonyl (C=O) groups is 3. The monoisotopic (exact) mass is 606 g/mol. The van der Waals surface area contributed by atoms with E-state index in [0.717, 1.165) is 60.4 Å². The molecule has 1 aliphatic carbocycles. The van der Waals surface area contributed by atoms with Gasteiger partial charge in [-0.1, -0.05) is 26.7 Å². The van der Waals surface area contributed by atoms with Crippen molar-refractivity contribution in [1.82, 2.24) is 19.8 Å². The molecule has 0 unspecified atom stereocenters. The Kier molecular flexibility index (Phi) is 10.2. The number of anilines is 2. The number of aromatic nitrogens is 2. The van der Waals surface area contributed by atoms with Crippen molar-refractivity contribution in [2.75, 3.05) is 30.4 Å². The van der Waals surface area contributed by atoms with Crippen molar-refractivity contribution in [3.05, 3.63) is 40.1 Å². The van der Waals surface area contributed by atoms with Gasteiger partial charge >= 0.3 is 0 Å². The summed E-state index contributed by atoms with van der Waals surface area (Å²) in [6.07, 6.45) is 7.57. The lowest BCUT2D eigenvalue weighted by molar-refractivity contribution is -0.127. The molecule has 0 radical (unpaired) electrons. The molecule has 1 atom stereocenters. The van der Waals surface area contributed by atoms with Crippen molar-refractivity contribution < 1.29 is 14.4 Å². The highest BCUT2D eigenvalue weighted by Gasteiger charge is 2.23. The SMILES string of the molecule is CC(C)[C@H](C)NCc1ccc(C(=O)Nc2nc3cc(N(C)C(=O)CC4CCCC4)ccc3n2CCCN2CCCC2=O)s1. The Morgan fingerprint density at radius 1 is 1.09 bits per heavy atom.